The van der Waals surface area contributed by atoms with Crippen molar-refractivity contribution in [3.63, 3.8) is 0 Å². The summed E-state index contributed by atoms with van der Waals surface area (Å²) in [7, 11) is 3.46. The molecule has 2 spiro atoms. The quantitative estimate of drug-likeness (QED) is 0.538. The van der Waals surface area contributed by atoms with Crippen LogP contribution >= 0.6 is 0 Å². The molecule has 2 aliphatic heterocycles. The molecular formula is C32H36N2O5. The number of hydrogen-bond acceptors (Lipinski definition) is 6. The van der Waals surface area contributed by atoms with Crippen LogP contribution in [0.4, 0.5) is 4.79 Å². The monoisotopic (exact) mass is 528 g/mol. The summed E-state index contributed by atoms with van der Waals surface area (Å²) in [5.41, 5.74) is 2.46. The lowest BCUT2D eigenvalue weighted by Gasteiger charge is -2.71. The number of ether oxygens (including phenoxy) is 4. The molecule has 2 aromatic rings. The van der Waals surface area contributed by atoms with Crippen LogP contribution in [-0.4, -0.2) is 62.1 Å². The molecule has 0 aromatic heterocycles. The molecule has 6 atom stereocenters. The van der Waals surface area contributed by atoms with Crippen LogP contribution in [0, 0.1) is 11.3 Å². The van der Waals surface area contributed by atoms with Gasteiger partial charge in [-0.1, -0.05) is 48.6 Å². The summed E-state index contributed by atoms with van der Waals surface area (Å²) in [6.07, 6.45) is 9.43. The molecule has 1 N–H and O–H groups in total. The topological polar surface area (TPSA) is 69.3 Å². The predicted octanol–water partition coefficient (Wildman–Crippen LogP) is 4.37. The Kier molecular flexibility index (Phi) is 5.03. The number of fused-ring (bicyclic) bond motifs is 1. The first kappa shape index (κ1) is 23.8. The van der Waals surface area contributed by atoms with Crippen LogP contribution in [0.1, 0.15) is 42.4 Å². The van der Waals surface area contributed by atoms with E-state index in [0.717, 1.165) is 55.3 Å². The van der Waals surface area contributed by atoms with Crippen LogP contribution in [0.3, 0.4) is 0 Å². The third-order valence-electron chi connectivity index (χ3n) is 10.8. The van der Waals surface area contributed by atoms with E-state index >= 15 is 0 Å². The van der Waals surface area contributed by atoms with E-state index in [0.29, 0.717) is 6.04 Å². The maximum Gasteiger partial charge on any atom is 0.407 e. The summed E-state index contributed by atoms with van der Waals surface area (Å²) in [4.78, 5) is 16.0. The molecule has 0 radical (unpaired) electrons. The average molecular weight is 529 g/mol. The van der Waals surface area contributed by atoms with Gasteiger partial charge in [-0.3, -0.25) is 4.90 Å². The smallest absolute Gasteiger partial charge is 0.407 e. The van der Waals surface area contributed by atoms with E-state index in [9.17, 15) is 4.79 Å². The SMILES string of the molecule is COc1ccc2c3c1OC1C4(OC)C=C[C@@]5(CC4NC(=O)OCc4ccccc4)[C@H](C2)N(CC2CC2)CC[C@]315. The molecule has 7 nitrogen and oxygen atoms in total. The molecule has 39 heavy (non-hydrogen) atoms. The largest absolute Gasteiger partial charge is 0.493 e. The van der Waals surface area contributed by atoms with Crippen LogP contribution in [0.15, 0.2) is 54.6 Å². The minimum absolute atomic E-state index is 0.174. The Labute approximate surface area is 229 Å². The third kappa shape index (κ3) is 3.03. The van der Waals surface area contributed by atoms with Gasteiger partial charge in [-0.2, -0.15) is 0 Å². The average Bonchev–Trinajstić information content (AvgIpc) is 3.71. The summed E-state index contributed by atoms with van der Waals surface area (Å²) in [6, 6.07) is 14.2. The Morgan fingerprint density at radius 1 is 1.13 bits per heavy atom. The first-order valence-corrected chi connectivity index (χ1v) is 14.4. The van der Waals surface area contributed by atoms with E-state index in [1.807, 2.05) is 30.3 Å². The number of methoxy groups -OCH3 is 2. The molecule has 2 saturated carbocycles. The molecule has 2 aromatic carbocycles. The van der Waals surface area contributed by atoms with Gasteiger partial charge in [-0.05, 0) is 61.8 Å². The minimum Gasteiger partial charge on any atom is -0.493 e. The van der Waals surface area contributed by atoms with Gasteiger partial charge in [0, 0.05) is 30.7 Å². The number of rotatable bonds is 7. The zero-order valence-electron chi connectivity index (χ0n) is 22.7. The lowest BCUT2D eigenvalue weighted by molar-refractivity contribution is -0.201. The number of alkyl carbamates (subject to hydrolysis) is 1. The second-order valence-corrected chi connectivity index (χ2v) is 12.4. The third-order valence-corrected chi connectivity index (χ3v) is 10.8. The maximum atomic E-state index is 13.2. The van der Waals surface area contributed by atoms with Crippen molar-refractivity contribution in [3.05, 3.63) is 71.3 Å². The number of carbonyl (C=O) groups excluding carboxylic acids is 1. The second kappa shape index (κ2) is 8.24. The van der Waals surface area contributed by atoms with Crippen LogP contribution in [0.5, 0.6) is 11.5 Å². The number of amides is 1. The van der Waals surface area contributed by atoms with Crippen molar-refractivity contribution in [1.82, 2.24) is 10.2 Å². The summed E-state index contributed by atoms with van der Waals surface area (Å²) in [5.74, 6) is 2.47. The van der Waals surface area contributed by atoms with E-state index in [1.165, 1.54) is 24.0 Å². The second-order valence-electron chi connectivity index (χ2n) is 12.4. The molecule has 2 heterocycles. The van der Waals surface area contributed by atoms with Gasteiger partial charge in [0.2, 0.25) is 0 Å². The first-order chi connectivity index (χ1) is 19.0. The number of piperidine rings is 1. The van der Waals surface area contributed by atoms with Gasteiger partial charge in [0.15, 0.2) is 11.5 Å². The van der Waals surface area contributed by atoms with Gasteiger partial charge in [0.25, 0.3) is 0 Å². The summed E-state index contributed by atoms with van der Waals surface area (Å²) < 4.78 is 24.9. The zero-order valence-corrected chi connectivity index (χ0v) is 22.7. The standard InChI is InChI=1S/C32H36N2O5/c1-36-23-11-10-22-16-25-30-12-13-32(37-2,24(17-30)33-29(35)38-19-21-6-4-3-5-7-21)28-31(30,26(22)27(23)39-28)14-15-34(25)18-20-8-9-20/h3-7,10-13,20,24-25,28H,8-9,14-19H2,1-2H3,(H,33,35)/t24?,25-,28?,30+,31-,32?/m0/s1. The van der Waals surface area contributed by atoms with Crippen molar-refractivity contribution in [2.75, 3.05) is 27.3 Å². The van der Waals surface area contributed by atoms with Crippen LogP contribution < -0.4 is 14.8 Å². The minimum atomic E-state index is -0.810. The molecule has 3 unspecified atom stereocenters. The van der Waals surface area contributed by atoms with E-state index in [4.69, 9.17) is 18.9 Å². The Balaban J connectivity index is 1.20. The maximum absolute atomic E-state index is 13.2. The molecule has 9 rings (SSSR count). The van der Waals surface area contributed by atoms with E-state index in [1.54, 1.807) is 14.2 Å². The molecule has 1 amide bonds. The van der Waals surface area contributed by atoms with Crippen molar-refractivity contribution in [2.24, 2.45) is 11.3 Å². The highest BCUT2D eigenvalue weighted by atomic mass is 16.6. The number of benzene rings is 2. The lowest BCUT2D eigenvalue weighted by atomic mass is 9.38. The fourth-order valence-corrected chi connectivity index (χ4v) is 9.00. The Hall–Kier alpha value is -3.03. The fraction of sp³-hybridized carbons (Fsp3) is 0.531. The number of carbonyl (C=O) groups is 1. The Bertz CT molecular complexity index is 1360. The van der Waals surface area contributed by atoms with Gasteiger partial charge < -0.3 is 24.3 Å². The van der Waals surface area contributed by atoms with Crippen molar-refractivity contribution in [2.45, 2.75) is 67.9 Å². The van der Waals surface area contributed by atoms with Crippen molar-refractivity contribution in [3.8, 4) is 11.5 Å². The number of likely N-dealkylation sites (tertiary alicyclic amines) is 1. The van der Waals surface area contributed by atoms with E-state index < -0.39 is 11.7 Å². The first-order valence-electron chi connectivity index (χ1n) is 14.4. The summed E-state index contributed by atoms with van der Waals surface area (Å²) in [5, 5.41) is 3.25. The Morgan fingerprint density at radius 3 is 2.74 bits per heavy atom. The van der Waals surface area contributed by atoms with E-state index in [-0.39, 0.29) is 29.6 Å². The van der Waals surface area contributed by atoms with Gasteiger partial charge in [0.05, 0.1) is 18.6 Å². The van der Waals surface area contributed by atoms with Crippen LogP contribution in [0.2, 0.25) is 0 Å². The highest BCUT2D eigenvalue weighted by Gasteiger charge is 2.79. The van der Waals surface area contributed by atoms with E-state index in [2.05, 4.69) is 34.5 Å². The highest BCUT2D eigenvalue weighted by Crippen LogP contribution is 2.73. The molecule has 7 heteroatoms. The number of hydrogen-bond donors (Lipinski definition) is 1. The molecule has 1 saturated heterocycles. The molecule has 4 bridgehead atoms. The van der Waals surface area contributed by atoms with Gasteiger partial charge in [-0.25, -0.2) is 4.79 Å². The fourth-order valence-electron chi connectivity index (χ4n) is 9.00. The highest BCUT2D eigenvalue weighted by molar-refractivity contribution is 5.70. The number of nitrogens with one attached hydrogen (secondary N) is 1. The van der Waals surface area contributed by atoms with Crippen molar-refractivity contribution < 1.29 is 23.7 Å². The molecular weight excluding hydrogens is 492 g/mol. The summed E-state index contributed by atoms with van der Waals surface area (Å²) >= 11 is 0. The normalized spacial score (nSPS) is 36.7. The van der Waals surface area contributed by atoms with Crippen molar-refractivity contribution in [1.29, 1.82) is 0 Å². The van der Waals surface area contributed by atoms with Crippen LogP contribution in [-0.2, 0) is 27.9 Å². The molecule has 204 valence electrons. The lowest BCUT2D eigenvalue weighted by Crippen LogP contribution is -2.82. The van der Waals surface area contributed by atoms with Gasteiger partial charge in [0.1, 0.15) is 18.3 Å². The predicted molar refractivity (Wildman–Crippen MR) is 145 cm³/mol. The zero-order chi connectivity index (χ0) is 26.4. The van der Waals surface area contributed by atoms with Crippen molar-refractivity contribution >= 4 is 6.09 Å². The summed E-state index contributed by atoms with van der Waals surface area (Å²) in [6.45, 7) is 2.45. The molecule has 5 aliphatic carbocycles. The number of nitrogens with zero attached hydrogens (tertiary/aromatic N) is 1. The van der Waals surface area contributed by atoms with Crippen LogP contribution in [0.25, 0.3) is 0 Å². The Morgan fingerprint density at radius 2 is 1.97 bits per heavy atom. The van der Waals surface area contributed by atoms with Gasteiger partial charge in [-0.15, -0.1) is 0 Å². The molecule has 7 aliphatic rings. The molecule has 3 fully saturated rings. The van der Waals surface area contributed by atoms with Gasteiger partial charge >= 0.3 is 6.09 Å².